The smallest absolute Gasteiger partial charge is 0.114 e. The van der Waals surface area contributed by atoms with E-state index in [0.717, 1.165) is 25.2 Å². The molecular formula is C11H21N3. The third-order valence-corrected chi connectivity index (χ3v) is 2.39. The van der Waals surface area contributed by atoms with Gasteiger partial charge in [-0.1, -0.05) is 20.8 Å². The van der Waals surface area contributed by atoms with E-state index < -0.39 is 0 Å². The van der Waals surface area contributed by atoms with E-state index >= 15 is 0 Å². The maximum atomic E-state index is 5.49. The fourth-order valence-electron chi connectivity index (χ4n) is 1.66. The van der Waals surface area contributed by atoms with E-state index in [4.69, 9.17) is 5.73 Å². The van der Waals surface area contributed by atoms with Crippen molar-refractivity contribution in [2.75, 3.05) is 6.54 Å². The van der Waals surface area contributed by atoms with E-state index in [1.807, 2.05) is 6.20 Å². The van der Waals surface area contributed by atoms with Crippen LogP contribution in [0.4, 0.5) is 0 Å². The van der Waals surface area contributed by atoms with Crippen molar-refractivity contribution in [3.8, 4) is 0 Å². The molecule has 3 heteroatoms. The van der Waals surface area contributed by atoms with Gasteiger partial charge in [-0.05, 0) is 19.4 Å². The molecule has 0 bridgehead atoms. The van der Waals surface area contributed by atoms with Crippen LogP contribution in [0, 0.1) is 0 Å². The van der Waals surface area contributed by atoms with Gasteiger partial charge in [-0.3, -0.25) is 0 Å². The Bertz CT molecular complexity index is 294. The number of aryl methyl sites for hydroxylation is 1. The van der Waals surface area contributed by atoms with E-state index in [2.05, 4.69) is 37.4 Å². The Morgan fingerprint density at radius 2 is 2.07 bits per heavy atom. The minimum Gasteiger partial charge on any atom is -0.335 e. The van der Waals surface area contributed by atoms with E-state index in [-0.39, 0.29) is 5.41 Å². The first kappa shape index (κ1) is 11.2. The second-order valence-corrected chi connectivity index (χ2v) is 4.77. The lowest BCUT2D eigenvalue weighted by atomic mass is 9.96. The van der Waals surface area contributed by atoms with Crippen molar-refractivity contribution in [1.82, 2.24) is 9.55 Å². The molecule has 0 saturated heterocycles. The van der Waals surface area contributed by atoms with Crippen LogP contribution in [0.1, 0.15) is 38.7 Å². The first-order chi connectivity index (χ1) is 6.46. The summed E-state index contributed by atoms with van der Waals surface area (Å²) in [6.07, 6.45) is 4.02. The quantitative estimate of drug-likeness (QED) is 0.796. The molecule has 2 N–H and O–H groups in total. The largest absolute Gasteiger partial charge is 0.335 e. The minimum absolute atomic E-state index is 0.121. The fourth-order valence-corrected chi connectivity index (χ4v) is 1.66. The van der Waals surface area contributed by atoms with Crippen LogP contribution in [0.15, 0.2) is 6.20 Å². The highest BCUT2D eigenvalue weighted by Crippen LogP contribution is 2.21. The highest BCUT2D eigenvalue weighted by atomic mass is 15.1. The Morgan fingerprint density at radius 3 is 2.50 bits per heavy atom. The van der Waals surface area contributed by atoms with Gasteiger partial charge in [0.15, 0.2) is 0 Å². The first-order valence-electron chi connectivity index (χ1n) is 5.18. The molecular weight excluding hydrogens is 174 g/mol. The lowest BCUT2D eigenvalue weighted by Gasteiger charge is -2.18. The van der Waals surface area contributed by atoms with Gasteiger partial charge in [0.1, 0.15) is 5.82 Å². The van der Waals surface area contributed by atoms with Crippen LogP contribution in [-0.4, -0.2) is 16.1 Å². The number of hydrogen-bond donors (Lipinski definition) is 1. The van der Waals surface area contributed by atoms with E-state index in [1.54, 1.807) is 0 Å². The Kier molecular flexibility index (Phi) is 3.32. The monoisotopic (exact) mass is 195 g/mol. The molecule has 80 valence electrons. The minimum atomic E-state index is 0.121. The summed E-state index contributed by atoms with van der Waals surface area (Å²) < 4.78 is 2.19. The summed E-state index contributed by atoms with van der Waals surface area (Å²) in [6.45, 7) is 7.29. The van der Waals surface area contributed by atoms with Crippen molar-refractivity contribution in [3.05, 3.63) is 17.7 Å². The van der Waals surface area contributed by atoms with Gasteiger partial charge in [0.2, 0.25) is 0 Å². The maximum Gasteiger partial charge on any atom is 0.114 e. The van der Waals surface area contributed by atoms with Crippen LogP contribution in [0.3, 0.4) is 0 Å². The van der Waals surface area contributed by atoms with Crippen molar-refractivity contribution >= 4 is 0 Å². The van der Waals surface area contributed by atoms with Gasteiger partial charge in [-0.25, -0.2) is 4.98 Å². The van der Waals surface area contributed by atoms with Crippen molar-refractivity contribution in [3.63, 3.8) is 0 Å². The second-order valence-electron chi connectivity index (χ2n) is 4.77. The lowest BCUT2D eigenvalue weighted by Crippen LogP contribution is -2.18. The summed E-state index contributed by atoms with van der Waals surface area (Å²) in [5.74, 6) is 1.14. The van der Waals surface area contributed by atoms with Gasteiger partial charge >= 0.3 is 0 Å². The first-order valence-corrected chi connectivity index (χ1v) is 5.18. The summed E-state index contributed by atoms with van der Waals surface area (Å²) in [4.78, 5) is 4.46. The highest BCUT2D eigenvalue weighted by molar-refractivity contribution is 5.11. The number of nitrogens with two attached hydrogens (primary N) is 1. The van der Waals surface area contributed by atoms with Crippen LogP contribution in [0.5, 0.6) is 0 Å². The number of aromatic nitrogens is 2. The van der Waals surface area contributed by atoms with E-state index in [1.165, 1.54) is 5.69 Å². The second kappa shape index (κ2) is 4.13. The summed E-state index contributed by atoms with van der Waals surface area (Å²) >= 11 is 0. The average molecular weight is 195 g/mol. The zero-order chi connectivity index (χ0) is 10.8. The topological polar surface area (TPSA) is 43.8 Å². The maximum absolute atomic E-state index is 5.49. The summed E-state index contributed by atoms with van der Waals surface area (Å²) in [5, 5.41) is 0. The molecule has 1 aromatic heterocycles. The Balaban J connectivity index is 2.86. The number of imidazole rings is 1. The molecule has 0 aromatic carbocycles. The van der Waals surface area contributed by atoms with Crippen LogP contribution >= 0.6 is 0 Å². The molecule has 0 radical (unpaired) electrons. The van der Waals surface area contributed by atoms with Crippen molar-refractivity contribution in [1.29, 1.82) is 0 Å². The number of rotatable bonds is 3. The Labute approximate surface area is 86.3 Å². The van der Waals surface area contributed by atoms with Gasteiger partial charge in [0.25, 0.3) is 0 Å². The molecule has 0 spiro atoms. The van der Waals surface area contributed by atoms with Gasteiger partial charge in [-0.2, -0.15) is 0 Å². The molecule has 0 amide bonds. The summed E-state index contributed by atoms with van der Waals surface area (Å²) in [6, 6.07) is 0. The summed E-state index contributed by atoms with van der Waals surface area (Å²) in [5.41, 5.74) is 6.89. The predicted molar refractivity (Wildman–Crippen MR) is 59.3 cm³/mol. The molecule has 0 fully saturated rings. The molecule has 1 rings (SSSR count). The van der Waals surface area contributed by atoms with Gasteiger partial charge in [0.05, 0.1) is 0 Å². The van der Waals surface area contributed by atoms with Crippen LogP contribution < -0.4 is 5.73 Å². The van der Waals surface area contributed by atoms with Crippen LogP contribution in [0.2, 0.25) is 0 Å². The van der Waals surface area contributed by atoms with Crippen molar-refractivity contribution < 1.29 is 0 Å². The average Bonchev–Trinajstić information content (AvgIpc) is 2.42. The molecule has 0 aliphatic rings. The summed E-state index contributed by atoms with van der Waals surface area (Å²) in [7, 11) is 2.08. The standard InChI is InChI=1S/C11H21N3/c1-11(2,3)10-13-8-9(14(10)4)6-5-7-12/h8H,5-7,12H2,1-4H3. The van der Waals surface area contributed by atoms with Crippen LogP contribution in [-0.2, 0) is 18.9 Å². The van der Waals surface area contributed by atoms with Gasteiger partial charge in [0, 0.05) is 24.4 Å². The van der Waals surface area contributed by atoms with Crippen LogP contribution in [0.25, 0.3) is 0 Å². The molecule has 0 atom stereocenters. The van der Waals surface area contributed by atoms with Crippen molar-refractivity contribution in [2.45, 2.75) is 39.0 Å². The molecule has 1 aromatic rings. The molecule has 0 saturated carbocycles. The van der Waals surface area contributed by atoms with Gasteiger partial charge < -0.3 is 10.3 Å². The number of hydrogen-bond acceptors (Lipinski definition) is 2. The normalized spacial score (nSPS) is 12.1. The molecule has 0 aliphatic carbocycles. The zero-order valence-corrected chi connectivity index (χ0v) is 9.67. The van der Waals surface area contributed by atoms with E-state index in [0.29, 0.717) is 0 Å². The Morgan fingerprint density at radius 1 is 1.43 bits per heavy atom. The third kappa shape index (κ3) is 2.35. The lowest BCUT2D eigenvalue weighted by molar-refractivity contribution is 0.517. The predicted octanol–water partition coefficient (Wildman–Crippen LogP) is 1.61. The molecule has 3 nitrogen and oxygen atoms in total. The third-order valence-electron chi connectivity index (χ3n) is 2.39. The van der Waals surface area contributed by atoms with E-state index in [9.17, 15) is 0 Å². The Hall–Kier alpha value is -0.830. The fraction of sp³-hybridized carbons (Fsp3) is 0.727. The SMILES string of the molecule is Cn1c(CCCN)cnc1C(C)(C)C. The highest BCUT2D eigenvalue weighted by Gasteiger charge is 2.20. The molecule has 0 aliphatic heterocycles. The molecule has 14 heavy (non-hydrogen) atoms. The zero-order valence-electron chi connectivity index (χ0n) is 9.67. The van der Waals surface area contributed by atoms with Gasteiger partial charge in [-0.15, -0.1) is 0 Å². The molecule has 0 unspecified atom stereocenters. The number of nitrogens with zero attached hydrogens (tertiary/aromatic N) is 2. The molecule has 1 heterocycles. The van der Waals surface area contributed by atoms with Crippen molar-refractivity contribution in [2.24, 2.45) is 12.8 Å².